The lowest BCUT2D eigenvalue weighted by Crippen LogP contribution is -2.49. The molecule has 0 saturated heterocycles. The molecular formula is C16H36ClOP. The Balaban J connectivity index is 0. The lowest BCUT2D eigenvalue weighted by atomic mass is 9.77. The summed E-state index contributed by atoms with van der Waals surface area (Å²) in [6.45, 7) is 9.14. The Morgan fingerprint density at radius 2 is 1.21 bits per heavy atom. The molecule has 0 N–H and O–H groups in total. The van der Waals surface area contributed by atoms with Crippen molar-refractivity contribution in [1.82, 2.24) is 0 Å². The highest BCUT2D eigenvalue weighted by Gasteiger charge is 2.43. The van der Waals surface area contributed by atoms with Crippen LogP contribution in [-0.2, 0) is 4.74 Å². The Labute approximate surface area is 130 Å². The molecule has 0 rings (SSSR count). The summed E-state index contributed by atoms with van der Waals surface area (Å²) in [5, 5.41) is 0.253. The van der Waals surface area contributed by atoms with Crippen molar-refractivity contribution in [3.8, 4) is 0 Å². The van der Waals surface area contributed by atoms with Gasteiger partial charge in [-0.1, -0.05) is 59.3 Å². The SMILES string of the molecule is CCCCC(P)(CCCC)C(C)(CCCC)OC.Cl. The molecule has 0 amide bonds. The summed E-state index contributed by atoms with van der Waals surface area (Å²) in [5.74, 6) is 0. The van der Waals surface area contributed by atoms with E-state index in [-0.39, 0.29) is 23.2 Å². The predicted octanol–water partition coefficient (Wildman–Crippen LogP) is 6.00. The Kier molecular flexibility index (Phi) is 13.1. The van der Waals surface area contributed by atoms with Crippen molar-refractivity contribution in [3.05, 3.63) is 0 Å². The third-order valence-electron chi connectivity index (χ3n) is 4.46. The molecule has 118 valence electrons. The van der Waals surface area contributed by atoms with Crippen LogP contribution in [0, 0.1) is 0 Å². The van der Waals surface area contributed by atoms with Crippen molar-refractivity contribution in [1.29, 1.82) is 0 Å². The van der Waals surface area contributed by atoms with Gasteiger partial charge in [-0.25, -0.2) is 0 Å². The third-order valence-corrected chi connectivity index (χ3v) is 5.65. The Morgan fingerprint density at radius 1 is 0.842 bits per heavy atom. The molecule has 19 heavy (non-hydrogen) atoms. The Morgan fingerprint density at radius 3 is 1.53 bits per heavy atom. The molecule has 0 bridgehead atoms. The van der Waals surface area contributed by atoms with E-state index in [1.807, 2.05) is 7.11 Å². The first kappa shape index (κ1) is 22.0. The largest absolute Gasteiger partial charge is 0.378 e. The quantitative estimate of drug-likeness (QED) is 0.425. The fourth-order valence-corrected chi connectivity index (χ4v) is 3.38. The highest BCUT2D eigenvalue weighted by atomic mass is 35.5. The van der Waals surface area contributed by atoms with Crippen LogP contribution in [0.25, 0.3) is 0 Å². The fourth-order valence-electron chi connectivity index (χ4n) is 2.71. The first-order valence-corrected chi connectivity index (χ1v) is 8.41. The van der Waals surface area contributed by atoms with Crippen molar-refractivity contribution < 1.29 is 4.74 Å². The highest BCUT2D eigenvalue weighted by molar-refractivity contribution is 7.19. The van der Waals surface area contributed by atoms with Crippen molar-refractivity contribution in [2.75, 3.05) is 7.11 Å². The summed E-state index contributed by atoms with van der Waals surface area (Å²) in [7, 11) is 5.07. The number of hydrogen-bond acceptors (Lipinski definition) is 1. The molecular weight excluding hydrogens is 275 g/mol. The molecule has 0 heterocycles. The van der Waals surface area contributed by atoms with Crippen LogP contribution in [0.2, 0.25) is 0 Å². The van der Waals surface area contributed by atoms with E-state index < -0.39 is 0 Å². The van der Waals surface area contributed by atoms with Crippen LogP contribution >= 0.6 is 21.6 Å². The van der Waals surface area contributed by atoms with Gasteiger partial charge < -0.3 is 4.74 Å². The van der Waals surface area contributed by atoms with Gasteiger partial charge in [0, 0.05) is 12.3 Å². The van der Waals surface area contributed by atoms with Crippen LogP contribution in [0.15, 0.2) is 0 Å². The van der Waals surface area contributed by atoms with Crippen molar-refractivity contribution in [2.24, 2.45) is 0 Å². The predicted molar refractivity (Wildman–Crippen MR) is 93.7 cm³/mol. The molecule has 0 aliphatic heterocycles. The standard InChI is InChI=1S/C16H35OP.ClH/c1-6-9-12-15(4,17-5)16(18,13-10-7-2)14-11-8-3;/h6-14,18H2,1-5H3;1H. The average molecular weight is 311 g/mol. The van der Waals surface area contributed by atoms with Gasteiger partial charge in [-0.05, 0) is 26.2 Å². The van der Waals surface area contributed by atoms with Crippen LogP contribution in [-0.4, -0.2) is 17.9 Å². The molecule has 0 aliphatic carbocycles. The molecule has 0 fully saturated rings. The number of halogens is 1. The molecule has 1 nitrogen and oxygen atoms in total. The molecule has 0 aromatic rings. The summed E-state index contributed by atoms with van der Waals surface area (Å²) in [6.07, 6.45) is 11.4. The minimum absolute atomic E-state index is 0. The van der Waals surface area contributed by atoms with E-state index in [9.17, 15) is 0 Å². The summed E-state index contributed by atoms with van der Waals surface area (Å²) in [6, 6.07) is 0. The lowest BCUT2D eigenvalue weighted by molar-refractivity contribution is -0.0425. The normalized spacial score (nSPS) is 14.8. The molecule has 0 spiro atoms. The summed E-state index contributed by atoms with van der Waals surface area (Å²) in [5.41, 5.74) is 0.0119. The molecule has 0 radical (unpaired) electrons. The van der Waals surface area contributed by atoms with Crippen LogP contribution in [0.3, 0.4) is 0 Å². The number of ether oxygens (including phenoxy) is 1. The third kappa shape index (κ3) is 6.78. The number of methoxy groups -OCH3 is 1. The van der Waals surface area contributed by atoms with E-state index in [2.05, 4.69) is 36.9 Å². The average Bonchev–Trinajstić information content (AvgIpc) is 2.39. The van der Waals surface area contributed by atoms with Crippen molar-refractivity contribution in [3.63, 3.8) is 0 Å². The minimum atomic E-state index is 0. The van der Waals surface area contributed by atoms with Crippen LogP contribution in [0.4, 0.5) is 0 Å². The maximum atomic E-state index is 5.98. The topological polar surface area (TPSA) is 9.23 Å². The Hall–Kier alpha value is 0.680. The van der Waals surface area contributed by atoms with Gasteiger partial charge in [0.1, 0.15) is 0 Å². The maximum absolute atomic E-state index is 5.98. The first-order valence-electron chi connectivity index (χ1n) is 7.83. The molecule has 2 atom stereocenters. The van der Waals surface area contributed by atoms with Crippen molar-refractivity contribution >= 4 is 21.6 Å². The van der Waals surface area contributed by atoms with E-state index >= 15 is 0 Å². The summed E-state index contributed by atoms with van der Waals surface area (Å²) in [4.78, 5) is 0. The molecule has 3 heteroatoms. The van der Waals surface area contributed by atoms with E-state index in [0.717, 1.165) is 0 Å². The van der Waals surface area contributed by atoms with Gasteiger partial charge in [0.15, 0.2) is 0 Å². The van der Waals surface area contributed by atoms with E-state index in [0.29, 0.717) is 0 Å². The second kappa shape index (κ2) is 11.4. The number of unbranched alkanes of at least 4 members (excludes halogenated alkanes) is 3. The molecule has 0 aromatic carbocycles. The van der Waals surface area contributed by atoms with E-state index in [1.165, 1.54) is 57.8 Å². The zero-order valence-corrected chi connectivity index (χ0v) is 15.7. The lowest BCUT2D eigenvalue weighted by Gasteiger charge is -2.46. The van der Waals surface area contributed by atoms with Crippen LogP contribution < -0.4 is 0 Å². The Bertz CT molecular complexity index is 203. The van der Waals surface area contributed by atoms with Gasteiger partial charge in [0.05, 0.1) is 5.60 Å². The van der Waals surface area contributed by atoms with Crippen molar-refractivity contribution in [2.45, 2.75) is 96.2 Å². The number of rotatable bonds is 11. The second-order valence-corrected chi connectivity index (χ2v) is 7.01. The van der Waals surface area contributed by atoms with Gasteiger partial charge in [0.2, 0.25) is 0 Å². The van der Waals surface area contributed by atoms with Gasteiger partial charge in [-0.2, -0.15) is 0 Å². The zero-order valence-electron chi connectivity index (χ0n) is 13.8. The monoisotopic (exact) mass is 310 g/mol. The number of hydrogen-bond donors (Lipinski definition) is 0. The minimum Gasteiger partial charge on any atom is -0.378 e. The zero-order chi connectivity index (χ0) is 14.1. The van der Waals surface area contributed by atoms with Gasteiger partial charge >= 0.3 is 0 Å². The van der Waals surface area contributed by atoms with Crippen LogP contribution in [0.5, 0.6) is 0 Å². The molecule has 0 aromatic heterocycles. The van der Waals surface area contributed by atoms with Gasteiger partial charge in [-0.15, -0.1) is 21.6 Å². The maximum Gasteiger partial charge on any atom is 0.0740 e. The highest BCUT2D eigenvalue weighted by Crippen LogP contribution is 2.45. The second-order valence-electron chi connectivity index (χ2n) is 5.90. The molecule has 0 saturated carbocycles. The summed E-state index contributed by atoms with van der Waals surface area (Å²) >= 11 is 0. The van der Waals surface area contributed by atoms with Crippen LogP contribution in [0.1, 0.15) is 85.5 Å². The molecule has 0 aliphatic rings. The fraction of sp³-hybridized carbons (Fsp3) is 1.00. The van der Waals surface area contributed by atoms with Gasteiger partial charge in [-0.3, -0.25) is 0 Å². The first-order chi connectivity index (χ1) is 8.49. The molecule has 2 unspecified atom stereocenters. The smallest absolute Gasteiger partial charge is 0.0740 e. The van der Waals surface area contributed by atoms with E-state index in [1.54, 1.807) is 0 Å². The van der Waals surface area contributed by atoms with Gasteiger partial charge in [0.25, 0.3) is 0 Å². The summed E-state index contributed by atoms with van der Waals surface area (Å²) < 4.78 is 5.98. The van der Waals surface area contributed by atoms with E-state index in [4.69, 9.17) is 4.74 Å².